The normalized spacial score (nSPS) is 14.5. The topological polar surface area (TPSA) is 139 Å². The van der Waals surface area contributed by atoms with Crippen LogP contribution in [0.4, 0.5) is 5.95 Å². The Morgan fingerprint density at radius 3 is 2.90 bits per heavy atom. The second-order valence-electron chi connectivity index (χ2n) is 4.36. The number of rotatable bonds is 4. The van der Waals surface area contributed by atoms with E-state index in [9.17, 15) is 0 Å². The van der Waals surface area contributed by atoms with Gasteiger partial charge in [-0.2, -0.15) is 24.7 Å². The third kappa shape index (κ3) is 2.40. The Bertz CT molecular complexity index is 762. The number of nitrogen functional groups attached to an aromatic ring is 1. The standard InChI is InChI=1S/C9H9N11S/c10-6-13-7(19-4-11-3-12-19)15-8(14-6)21-9-16-17-18-20(9)5-1-2-5/h3-5H,1-2H2,(H2,10,13,14,15). The van der Waals surface area contributed by atoms with Crippen molar-refractivity contribution in [2.24, 2.45) is 0 Å². The van der Waals surface area contributed by atoms with E-state index in [1.54, 1.807) is 4.68 Å². The molecular weight excluding hydrogens is 294 g/mol. The highest BCUT2D eigenvalue weighted by Crippen LogP contribution is 2.37. The van der Waals surface area contributed by atoms with Crippen LogP contribution in [0.3, 0.4) is 0 Å². The zero-order chi connectivity index (χ0) is 14.2. The smallest absolute Gasteiger partial charge is 0.257 e. The van der Waals surface area contributed by atoms with Crippen molar-refractivity contribution in [3.05, 3.63) is 12.7 Å². The molecule has 3 aromatic rings. The molecule has 3 aromatic heterocycles. The summed E-state index contributed by atoms with van der Waals surface area (Å²) in [5.74, 6) is 0.399. The molecule has 0 aliphatic heterocycles. The van der Waals surface area contributed by atoms with Crippen LogP contribution in [0.15, 0.2) is 23.0 Å². The van der Waals surface area contributed by atoms with Gasteiger partial charge in [-0.05, 0) is 35.0 Å². The van der Waals surface area contributed by atoms with E-state index in [-0.39, 0.29) is 5.95 Å². The molecule has 0 bridgehead atoms. The number of aromatic nitrogens is 10. The summed E-state index contributed by atoms with van der Waals surface area (Å²) in [7, 11) is 0. The molecule has 0 spiro atoms. The largest absolute Gasteiger partial charge is 0.368 e. The summed E-state index contributed by atoms with van der Waals surface area (Å²) in [6.45, 7) is 0. The summed E-state index contributed by atoms with van der Waals surface area (Å²) in [4.78, 5) is 16.2. The number of anilines is 1. The minimum atomic E-state index is 0.100. The van der Waals surface area contributed by atoms with Crippen LogP contribution in [0.1, 0.15) is 18.9 Å². The Morgan fingerprint density at radius 1 is 1.24 bits per heavy atom. The molecule has 1 saturated carbocycles. The van der Waals surface area contributed by atoms with Crippen LogP contribution in [-0.2, 0) is 0 Å². The van der Waals surface area contributed by atoms with E-state index in [0.29, 0.717) is 22.3 Å². The zero-order valence-electron chi connectivity index (χ0n) is 10.6. The molecule has 1 fully saturated rings. The Hall–Kier alpha value is -2.63. The lowest BCUT2D eigenvalue weighted by Gasteiger charge is -2.04. The van der Waals surface area contributed by atoms with Crippen LogP contribution in [0.5, 0.6) is 0 Å². The van der Waals surface area contributed by atoms with Crippen molar-refractivity contribution in [3.63, 3.8) is 0 Å². The van der Waals surface area contributed by atoms with Crippen molar-refractivity contribution in [1.29, 1.82) is 0 Å². The van der Waals surface area contributed by atoms with E-state index in [1.165, 1.54) is 29.1 Å². The molecule has 106 valence electrons. The maximum atomic E-state index is 5.71. The van der Waals surface area contributed by atoms with Gasteiger partial charge in [0.25, 0.3) is 5.95 Å². The minimum Gasteiger partial charge on any atom is -0.368 e. The number of hydrogen-bond acceptors (Lipinski definition) is 10. The molecule has 1 aliphatic rings. The van der Waals surface area contributed by atoms with Crippen LogP contribution in [0, 0.1) is 0 Å². The van der Waals surface area contributed by atoms with Gasteiger partial charge in [0.05, 0.1) is 6.04 Å². The number of nitrogens with two attached hydrogens (primary N) is 1. The monoisotopic (exact) mass is 303 g/mol. The van der Waals surface area contributed by atoms with Crippen molar-refractivity contribution in [1.82, 2.24) is 49.9 Å². The molecule has 21 heavy (non-hydrogen) atoms. The first kappa shape index (κ1) is 12.1. The van der Waals surface area contributed by atoms with Crippen LogP contribution >= 0.6 is 11.8 Å². The molecule has 0 amide bonds. The van der Waals surface area contributed by atoms with Gasteiger partial charge in [0.1, 0.15) is 12.7 Å². The van der Waals surface area contributed by atoms with Crippen LogP contribution < -0.4 is 5.73 Å². The van der Waals surface area contributed by atoms with Crippen LogP contribution in [0.2, 0.25) is 0 Å². The highest BCUT2D eigenvalue weighted by atomic mass is 32.2. The lowest BCUT2D eigenvalue weighted by atomic mass is 10.7. The molecule has 2 N–H and O–H groups in total. The van der Waals surface area contributed by atoms with Gasteiger partial charge in [-0.15, -0.1) is 5.10 Å². The molecule has 4 rings (SSSR count). The number of tetrazole rings is 1. The number of hydrogen-bond donors (Lipinski definition) is 1. The fourth-order valence-electron chi connectivity index (χ4n) is 1.70. The maximum Gasteiger partial charge on any atom is 0.257 e. The second kappa shape index (κ2) is 4.73. The van der Waals surface area contributed by atoms with Gasteiger partial charge in [0.15, 0.2) is 0 Å². The van der Waals surface area contributed by atoms with Gasteiger partial charge >= 0.3 is 0 Å². The summed E-state index contributed by atoms with van der Waals surface area (Å²) in [6, 6.07) is 0.372. The summed E-state index contributed by atoms with van der Waals surface area (Å²) < 4.78 is 3.19. The van der Waals surface area contributed by atoms with Crippen molar-refractivity contribution >= 4 is 17.7 Å². The fraction of sp³-hybridized carbons (Fsp3) is 0.333. The summed E-state index contributed by atoms with van der Waals surface area (Å²) in [5, 5.41) is 16.6. The van der Waals surface area contributed by atoms with E-state index in [1.807, 2.05) is 0 Å². The lowest BCUT2D eigenvalue weighted by molar-refractivity contribution is 0.565. The van der Waals surface area contributed by atoms with Gasteiger partial charge in [-0.1, -0.05) is 0 Å². The van der Waals surface area contributed by atoms with Gasteiger partial charge in [0, 0.05) is 0 Å². The average Bonchev–Trinajstić information content (AvgIpc) is 2.99. The zero-order valence-corrected chi connectivity index (χ0v) is 11.4. The van der Waals surface area contributed by atoms with Crippen LogP contribution in [0.25, 0.3) is 5.95 Å². The van der Waals surface area contributed by atoms with E-state index in [0.717, 1.165) is 12.8 Å². The van der Waals surface area contributed by atoms with Crippen molar-refractivity contribution in [3.8, 4) is 5.95 Å². The van der Waals surface area contributed by atoms with E-state index in [4.69, 9.17) is 5.73 Å². The van der Waals surface area contributed by atoms with Gasteiger partial charge in [0.2, 0.25) is 16.3 Å². The SMILES string of the molecule is Nc1nc(Sc2nnnn2C2CC2)nc(-n2cncn2)n1. The third-order valence-corrected chi connectivity index (χ3v) is 3.60. The van der Waals surface area contributed by atoms with Gasteiger partial charge < -0.3 is 5.73 Å². The molecule has 0 aromatic carbocycles. The Labute approximate surface area is 122 Å². The maximum absolute atomic E-state index is 5.71. The molecule has 1 aliphatic carbocycles. The quantitative estimate of drug-likeness (QED) is 0.671. The Kier molecular flexibility index (Phi) is 2.73. The average molecular weight is 303 g/mol. The Balaban J connectivity index is 1.67. The second-order valence-corrected chi connectivity index (χ2v) is 5.29. The predicted octanol–water partition coefficient (Wildman–Crippen LogP) is -0.493. The summed E-state index contributed by atoms with van der Waals surface area (Å²) >= 11 is 1.24. The Morgan fingerprint density at radius 2 is 2.14 bits per heavy atom. The summed E-state index contributed by atoms with van der Waals surface area (Å²) in [6.07, 6.45) is 5.04. The fourth-order valence-corrected chi connectivity index (χ4v) is 2.49. The third-order valence-electron chi connectivity index (χ3n) is 2.78. The van der Waals surface area contributed by atoms with E-state index >= 15 is 0 Å². The molecule has 0 saturated heterocycles. The lowest BCUT2D eigenvalue weighted by Crippen LogP contribution is -2.08. The molecule has 0 unspecified atom stereocenters. The van der Waals surface area contributed by atoms with E-state index in [2.05, 4.69) is 40.6 Å². The van der Waals surface area contributed by atoms with Gasteiger partial charge in [-0.25, -0.2) is 9.67 Å². The van der Waals surface area contributed by atoms with Crippen molar-refractivity contribution in [2.45, 2.75) is 29.2 Å². The first-order valence-electron chi connectivity index (χ1n) is 6.12. The predicted molar refractivity (Wildman–Crippen MR) is 69.4 cm³/mol. The van der Waals surface area contributed by atoms with Crippen LogP contribution in [-0.4, -0.2) is 49.9 Å². The van der Waals surface area contributed by atoms with E-state index < -0.39 is 0 Å². The number of nitrogens with zero attached hydrogens (tertiary/aromatic N) is 10. The molecular formula is C9H9N11S. The van der Waals surface area contributed by atoms with Crippen molar-refractivity contribution < 1.29 is 0 Å². The molecule has 11 nitrogen and oxygen atoms in total. The van der Waals surface area contributed by atoms with Gasteiger partial charge in [-0.3, -0.25) is 0 Å². The first-order chi connectivity index (χ1) is 10.3. The first-order valence-corrected chi connectivity index (χ1v) is 6.93. The molecule has 3 heterocycles. The molecule has 0 radical (unpaired) electrons. The highest BCUT2D eigenvalue weighted by molar-refractivity contribution is 7.99. The highest BCUT2D eigenvalue weighted by Gasteiger charge is 2.28. The molecule has 0 atom stereocenters. The molecule has 12 heteroatoms. The van der Waals surface area contributed by atoms with Crippen molar-refractivity contribution in [2.75, 3.05) is 5.73 Å². The summed E-state index contributed by atoms with van der Waals surface area (Å²) in [5.41, 5.74) is 5.71. The minimum absolute atomic E-state index is 0.100.